The first-order chi connectivity index (χ1) is 12.7. The van der Waals surface area contributed by atoms with Crippen molar-refractivity contribution < 1.29 is 9.21 Å². The van der Waals surface area contributed by atoms with Gasteiger partial charge >= 0.3 is 0 Å². The highest BCUT2D eigenvalue weighted by Crippen LogP contribution is 2.52. The van der Waals surface area contributed by atoms with Crippen LogP contribution >= 0.6 is 23.4 Å². The molecule has 27 heavy (non-hydrogen) atoms. The average Bonchev–Trinajstić information content (AvgIpc) is 3.14. The number of thioether (sulfide) groups is 1. The molecule has 2 aliphatic rings. The number of fused-ring (bicyclic) bond motifs is 2. The molecule has 2 heterocycles. The molecule has 1 aliphatic heterocycles. The molecule has 0 N–H and O–H groups in total. The number of carbonyl (C=O) groups excluding carboxylic acids is 1. The Hall–Kier alpha value is -1.53. The first-order valence-electron chi connectivity index (χ1n) is 9.25. The van der Waals surface area contributed by atoms with E-state index in [1.165, 1.54) is 18.2 Å². The van der Waals surface area contributed by atoms with Crippen molar-refractivity contribution in [3.63, 3.8) is 0 Å². The zero-order valence-electron chi connectivity index (χ0n) is 15.9. The fraction of sp³-hybridized carbons (Fsp3) is 0.550. The van der Waals surface area contributed by atoms with Crippen LogP contribution in [0.2, 0.25) is 5.02 Å². The first-order valence-corrected chi connectivity index (χ1v) is 10.6. The van der Waals surface area contributed by atoms with Gasteiger partial charge in [0.25, 0.3) is 5.22 Å². The standard InChI is InChI=1S/C20H24ClN3O2S/c1-19(2)8-15-9-20(3,11-19)12-24(15)16(25)10-27-18-23-22-17(26-18)13-4-6-14(21)7-5-13/h4-7,15H,8-12H2,1-3H3/t15-,20-/m1/s1. The van der Waals surface area contributed by atoms with Crippen LogP contribution in [0.1, 0.15) is 40.0 Å². The van der Waals surface area contributed by atoms with Gasteiger partial charge < -0.3 is 9.32 Å². The molecule has 1 saturated heterocycles. The molecule has 1 amide bonds. The van der Waals surface area contributed by atoms with Gasteiger partial charge in [0.2, 0.25) is 11.8 Å². The summed E-state index contributed by atoms with van der Waals surface area (Å²) in [4.78, 5) is 14.9. The second-order valence-corrected chi connectivity index (χ2v) is 10.3. The quantitative estimate of drug-likeness (QED) is 0.676. The maximum absolute atomic E-state index is 12.8. The fourth-order valence-electron chi connectivity index (χ4n) is 4.94. The lowest BCUT2D eigenvalue weighted by molar-refractivity contribution is -0.129. The molecule has 5 nitrogen and oxygen atoms in total. The van der Waals surface area contributed by atoms with Gasteiger partial charge in [-0.2, -0.15) is 0 Å². The van der Waals surface area contributed by atoms with Gasteiger partial charge in [-0.3, -0.25) is 4.79 Å². The molecular weight excluding hydrogens is 382 g/mol. The third-order valence-corrected chi connectivity index (χ3v) is 6.61. The van der Waals surface area contributed by atoms with Crippen molar-refractivity contribution in [2.24, 2.45) is 10.8 Å². The second kappa shape index (κ2) is 6.82. The highest BCUT2D eigenvalue weighted by molar-refractivity contribution is 7.99. The Labute approximate surface area is 168 Å². The zero-order chi connectivity index (χ0) is 19.2. The van der Waals surface area contributed by atoms with Crippen molar-refractivity contribution in [2.45, 2.75) is 51.3 Å². The van der Waals surface area contributed by atoms with Gasteiger partial charge in [0.15, 0.2) is 0 Å². The number of nitrogens with zero attached hydrogens (tertiary/aromatic N) is 3. The number of benzene rings is 1. The van der Waals surface area contributed by atoms with Gasteiger partial charge in [0.05, 0.1) is 5.75 Å². The van der Waals surface area contributed by atoms with Gasteiger partial charge in [-0.05, 0) is 54.4 Å². The highest BCUT2D eigenvalue weighted by Gasteiger charge is 2.50. The third kappa shape index (κ3) is 4.02. The van der Waals surface area contributed by atoms with E-state index in [4.69, 9.17) is 16.0 Å². The monoisotopic (exact) mass is 405 g/mol. The summed E-state index contributed by atoms with van der Waals surface area (Å²) in [5.41, 5.74) is 1.37. The SMILES string of the molecule is CC1(C)C[C@@H]2C[C@@](C)(CN2C(=O)CSc2nnc(-c3ccc(Cl)cc3)o2)C1. The lowest BCUT2D eigenvalue weighted by Crippen LogP contribution is -2.38. The normalized spacial score (nSPS) is 26.4. The van der Waals surface area contributed by atoms with Crippen LogP contribution in [-0.4, -0.2) is 39.3 Å². The van der Waals surface area contributed by atoms with Crippen LogP contribution in [0.3, 0.4) is 0 Å². The minimum absolute atomic E-state index is 0.165. The molecule has 4 rings (SSSR count). The molecule has 2 aromatic rings. The van der Waals surface area contributed by atoms with Crippen molar-refractivity contribution >= 4 is 29.3 Å². The molecule has 144 valence electrons. The van der Waals surface area contributed by atoms with E-state index in [2.05, 4.69) is 35.9 Å². The molecule has 2 fully saturated rings. The lowest BCUT2D eigenvalue weighted by Gasteiger charge is -2.39. The number of likely N-dealkylation sites (tertiary alicyclic amines) is 1. The summed E-state index contributed by atoms with van der Waals surface area (Å²) in [6, 6.07) is 7.60. The third-order valence-electron chi connectivity index (χ3n) is 5.55. The number of amides is 1. The Morgan fingerprint density at radius 2 is 2.00 bits per heavy atom. The zero-order valence-corrected chi connectivity index (χ0v) is 17.4. The molecule has 1 aromatic carbocycles. The van der Waals surface area contributed by atoms with Crippen LogP contribution < -0.4 is 0 Å². The summed E-state index contributed by atoms with van der Waals surface area (Å²) >= 11 is 7.21. The van der Waals surface area contributed by atoms with Gasteiger partial charge in [-0.25, -0.2) is 0 Å². The van der Waals surface area contributed by atoms with E-state index in [1.807, 2.05) is 12.1 Å². The average molecular weight is 406 g/mol. The van der Waals surface area contributed by atoms with Crippen LogP contribution in [0.4, 0.5) is 0 Å². The molecule has 7 heteroatoms. The van der Waals surface area contributed by atoms with Gasteiger partial charge in [0, 0.05) is 23.2 Å². The van der Waals surface area contributed by atoms with Crippen LogP contribution in [0.5, 0.6) is 0 Å². The van der Waals surface area contributed by atoms with E-state index in [9.17, 15) is 4.79 Å². The second-order valence-electron chi connectivity index (χ2n) is 8.90. The number of hydrogen-bond donors (Lipinski definition) is 0. The van der Waals surface area contributed by atoms with Crippen LogP contribution in [-0.2, 0) is 4.79 Å². The summed E-state index contributed by atoms with van der Waals surface area (Å²) in [5.74, 6) is 0.931. The fourth-order valence-corrected chi connectivity index (χ4v) is 5.71. The molecule has 0 radical (unpaired) electrons. The molecule has 1 saturated carbocycles. The smallest absolute Gasteiger partial charge is 0.277 e. The molecule has 0 spiro atoms. The minimum atomic E-state index is 0.165. The van der Waals surface area contributed by atoms with Crippen molar-refractivity contribution in [3.8, 4) is 11.5 Å². The van der Waals surface area contributed by atoms with E-state index in [1.54, 1.807) is 12.1 Å². The Morgan fingerprint density at radius 3 is 2.74 bits per heavy atom. The van der Waals surface area contributed by atoms with Crippen molar-refractivity contribution in [3.05, 3.63) is 29.3 Å². The van der Waals surface area contributed by atoms with E-state index < -0.39 is 0 Å². The number of halogens is 1. The van der Waals surface area contributed by atoms with Crippen molar-refractivity contribution in [2.75, 3.05) is 12.3 Å². The molecule has 2 bridgehead atoms. The summed E-state index contributed by atoms with van der Waals surface area (Å²) < 4.78 is 5.69. The summed E-state index contributed by atoms with van der Waals surface area (Å²) in [6.45, 7) is 7.81. The van der Waals surface area contributed by atoms with Gasteiger partial charge in [-0.15, -0.1) is 10.2 Å². The summed E-state index contributed by atoms with van der Waals surface area (Å²) in [5, 5.41) is 9.21. The molecule has 2 atom stereocenters. The van der Waals surface area contributed by atoms with E-state index in [-0.39, 0.29) is 11.3 Å². The predicted octanol–water partition coefficient (Wildman–Crippen LogP) is 4.91. The van der Waals surface area contributed by atoms with E-state index in [0.29, 0.717) is 33.3 Å². The highest BCUT2D eigenvalue weighted by atomic mass is 35.5. The number of carbonyl (C=O) groups is 1. The number of aromatic nitrogens is 2. The maximum atomic E-state index is 12.8. The largest absolute Gasteiger partial charge is 0.411 e. The number of rotatable bonds is 4. The maximum Gasteiger partial charge on any atom is 0.277 e. The van der Waals surface area contributed by atoms with Crippen molar-refractivity contribution in [1.29, 1.82) is 0 Å². The van der Waals surface area contributed by atoms with Crippen LogP contribution in [0, 0.1) is 10.8 Å². The van der Waals surface area contributed by atoms with Crippen LogP contribution in [0.25, 0.3) is 11.5 Å². The van der Waals surface area contributed by atoms with Gasteiger partial charge in [-0.1, -0.05) is 44.1 Å². The molecular formula is C20H24ClN3O2S. The topological polar surface area (TPSA) is 59.2 Å². The summed E-state index contributed by atoms with van der Waals surface area (Å²) in [7, 11) is 0. The first kappa shape index (κ1) is 18.8. The molecule has 0 unspecified atom stereocenters. The van der Waals surface area contributed by atoms with E-state index in [0.717, 1.165) is 24.9 Å². The molecule has 1 aliphatic carbocycles. The van der Waals surface area contributed by atoms with E-state index >= 15 is 0 Å². The number of hydrogen-bond acceptors (Lipinski definition) is 5. The van der Waals surface area contributed by atoms with Crippen LogP contribution in [0.15, 0.2) is 33.9 Å². The summed E-state index contributed by atoms with van der Waals surface area (Å²) in [6.07, 6.45) is 3.38. The van der Waals surface area contributed by atoms with Gasteiger partial charge in [0.1, 0.15) is 0 Å². The predicted molar refractivity (Wildman–Crippen MR) is 107 cm³/mol. The Kier molecular flexibility index (Phi) is 4.75. The Morgan fingerprint density at radius 1 is 1.26 bits per heavy atom. The Balaban J connectivity index is 1.38. The lowest BCUT2D eigenvalue weighted by atomic mass is 9.65. The van der Waals surface area contributed by atoms with Crippen molar-refractivity contribution in [1.82, 2.24) is 15.1 Å². The molecule has 1 aromatic heterocycles. The minimum Gasteiger partial charge on any atom is -0.411 e. The Bertz CT molecular complexity index is 851.